The van der Waals surface area contributed by atoms with Crippen molar-refractivity contribution in [1.29, 1.82) is 0 Å². The minimum atomic E-state index is -0.432. The van der Waals surface area contributed by atoms with E-state index in [1.54, 1.807) is 4.90 Å². The molecule has 0 bridgehead atoms. The highest BCUT2D eigenvalue weighted by Crippen LogP contribution is 2.21. The smallest absolute Gasteiger partial charge is 0.410 e. The van der Waals surface area contributed by atoms with E-state index in [-0.39, 0.29) is 12.7 Å². The highest BCUT2D eigenvalue weighted by atomic mass is 16.6. The van der Waals surface area contributed by atoms with E-state index in [1.807, 2.05) is 20.8 Å². The Labute approximate surface area is 96.6 Å². The summed E-state index contributed by atoms with van der Waals surface area (Å²) in [6, 6.07) is 0. The quantitative estimate of drug-likeness (QED) is 0.683. The predicted octanol–water partition coefficient (Wildman–Crippen LogP) is 1.24. The SMILES string of the molecule is CC(C)(C)OC(=O)N1CC(CC#CCO)C1. The highest BCUT2D eigenvalue weighted by Gasteiger charge is 2.32. The number of rotatable bonds is 1. The second kappa shape index (κ2) is 5.22. The van der Waals surface area contributed by atoms with Gasteiger partial charge in [0.15, 0.2) is 0 Å². The standard InChI is InChI=1S/C12H19NO3/c1-12(2,3)16-11(15)13-8-10(9-13)6-4-5-7-14/h10,14H,6-9H2,1-3H3. The molecule has 0 spiro atoms. The van der Waals surface area contributed by atoms with Gasteiger partial charge in [-0.15, -0.1) is 5.92 Å². The fourth-order valence-electron chi connectivity index (χ4n) is 1.45. The summed E-state index contributed by atoms with van der Waals surface area (Å²) in [5, 5.41) is 8.48. The summed E-state index contributed by atoms with van der Waals surface area (Å²) in [6.45, 7) is 6.88. The lowest BCUT2D eigenvalue weighted by Gasteiger charge is -2.39. The fraction of sp³-hybridized carbons (Fsp3) is 0.750. The van der Waals surface area contributed by atoms with Crippen molar-refractivity contribution in [2.75, 3.05) is 19.7 Å². The van der Waals surface area contributed by atoms with Crippen molar-refractivity contribution in [3.63, 3.8) is 0 Å². The van der Waals surface area contributed by atoms with Gasteiger partial charge in [-0.2, -0.15) is 0 Å². The number of hydrogen-bond acceptors (Lipinski definition) is 3. The summed E-state index contributed by atoms with van der Waals surface area (Å²) in [7, 11) is 0. The number of likely N-dealkylation sites (tertiary alicyclic amines) is 1. The van der Waals surface area contributed by atoms with Crippen LogP contribution in [0.15, 0.2) is 0 Å². The molecule has 1 rings (SSSR count). The average Bonchev–Trinajstić information content (AvgIpc) is 2.05. The van der Waals surface area contributed by atoms with E-state index in [9.17, 15) is 4.79 Å². The topological polar surface area (TPSA) is 49.8 Å². The van der Waals surface area contributed by atoms with Crippen LogP contribution in [0.2, 0.25) is 0 Å². The van der Waals surface area contributed by atoms with Gasteiger partial charge in [0, 0.05) is 25.4 Å². The number of hydrogen-bond donors (Lipinski definition) is 1. The Hall–Kier alpha value is -1.21. The normalized spacial score (nSPS) is 16.1. The summed E-state index contributed by atoms with van der Waals surface area (Å²) < 4.78 is 5.23. The van der Waals surface area contributed by atoms with Gasteiger partial charge in [0.1, 0.15) is 12.2 Å². The van der Waals surface area contributed by atoms with Crippen LogP contribution < -0.4 is 0 Å². The molecule has 1 aliphatic heterocycles. The molecule has 16 heavy (non-hydrogen) atoms. The fourth-order valence-corrected chi connectivity index (χ4v) is 1.45. The number of carbonyl (C=O) groups is 1. The van der Waals surface area contributed by atoms with Crippen molar-refractivity contribution in [2.24, 2.45) is 5.92 Å². The average molecular weight is 225 g/mol. The second-order valence-corrected chi connectivity index (χ2v) is 4.97. The van der Waals surface area contributed by atoms with Crippen molar-refractivity contribution < 1.29 is 14.6 Å². The molecule has 0 aliphatic carbocycles. The summed E-state index contributed by atoms with van der Waals surface area (Å²) in [5.74, 6) is 5.89. The third-order valence-electron chi connectivity index (χ3n) is 2.20. The van der Waals surface area contributed by atoms with Gasteiger partial charge in [-0.25, -0.2) is 4.79 Å². The van der Waals surface area contributed by atoms with Crippen LogP contribution in [0.3, 0.4) is 0 Å². The van der Waals surface area contributed by atoms with E-state index in [0.29, 0.717) is 19.0 Å². The van der Waals surface area contributed by atoms with Crippen LogP contribution in [0.1, 0.15) is 27.2 Å². The first-order valence-electron chi connectivity index (χ1n) is 5.47. The first-order chi connectivity index (χ1) is 7.42. The van der Waals surface area contributed by atoms with E-state index in [2.05, 4.69) is 11.8 Å². The molecule has 1 saturated heterocycles. The molecule has 1 fully saturated rings. The van der Waals surface area contributed by atoms with Gasteiger partial charge in [0.05, 0.1) is 0 Å². The van der Waals surface area contributed by atoms with Crippen molar-refractivity contribution in [1.82, 2.24) is 4.90 Å². The third-order valence-corrected chi connectivity index (χ3v) is 2.20. The molecule has 1 N–H and O–H groups in total. The van der Waals surface area contributed by atoms with E-state index in [4.69, 9.17) is 9.84 Å². The first kappa shape index (κ1) is 12.9. The second-order valence-electron chi connectivity index (χ2n) is 4.97. The zero-order valence-corrected chi connectivity index (χ0v) is 10.1. The molecular weight excluding hydrogens is 206 g/mol. The van der Waals surface area contributed by atoms with Gasteiger partial charge in [0.2, 0.25) is 0 Å². The van der Waals surface area contributed by atoms with Crippen LogP contribution in [-0.4, -0.2) is 41.4 Å². The third kappa shape index (κ3) is 4.11. The van der Waals surface area contributed by atoms with Crippen LogP contribution in [0.25, 0.3) is 0 Å². The molecule has 0 unspecified atom stereocenters. The summed E-state index contributed by atoms with van der Waals surface area (Å²) in [6.07, 6.45) is 0.485. The van der Waals surface area contributed by atoms with Crippen LogP contribution >= 0.6 is 0 Å². The zero-order valence-electron chi connectivity index (χ0n) is 10.1. The van der Waals surface area contributed by atoms with Crippen molar-refractivity contribution in [2.45, 2.75) is 32.8 Å². The molecule has 4 nitrogen and oxygen atoms in total. The van der Waals surface area contributed by atoms with Crippen LogP contribution in [0.4, 0.5) is 4.79 Å². The summed E-state index contributed by atoms with van der Waals surface area (Å²) in [5.41, 5.74) is -0.432. The molecule has 0 aromatic heterocycles. The number of ether oxygens (including phenoxy) is 1. The van der Waals surface area contributed by atoms with Crippen molar-refractivity contribution in [3.8, 4) is 11.8 Å². The Kier molecular flexibility index (Phi) is 4.19. The Balaban J connectivity index is 2.23. The van der Waals surface area contributed by atoms with E-state index >= 15 is 0 Å². The minimum absolute atomic E-state index is 0.0947. The number of amides is 1. The number of nitrogens with zero attached hydrogens (tertiary/aromatic N) is 1. The van der Waals surface area contributed by atoms with E-state index < -0.39 is 5.60 Å². The van der Waals surface area contributed by atoms with Gasteiger partial charge in [-0.3, -0.25) is 0 Å². The molecule has 90 valence electrons. The number of aliphatic hydroxyl groups is 1. The minimum Gasteiger partial charge on any atom is -0.444 e. The molecule has 1 heterocycles. The van der Waals surface area contributed by atoms with E-state index in [1.165, 1.54) is 0 Å². The predicted molar refractivity (Wildman–Crippen MR) is 60.8 cm³/mol. The van der Waals surface area contributed by atoms with Crippen molar-refractivity contribution >= 4 is 6.09 Å². The molecule has 0 atom stereocenters. The summed E-state index contributed by atoms with van der Waals surface area (Å²) >= 11 is 0. The molecule has 1 aliphatic rings. The zero-order chi connectivity index (χ0) is 12.2. The summed E-state index contributed by atoms with van der Waals surface area (Å²) in [4.78, 5) is 13.2. The molecule has 0 aromatic carbocycles. The first-order valence-corrected chi connectivity index (χ1v) is 5.47. The Bertz CT molecular complexity index is 302. The van der Waals surface area contributed by atoms with Gasteiger partial charge in [-0.05, 0) is 20.8 Å². The van der Waals surface area contributed by atoms with Crippen LogP contribution in [0.5, 0.6) is 0 Å². The Morgan fingerprint density at radius 2 is 2.06 bits per heavy atom. The van der Waals surface area contributed by atoms with E-state index in [0.717, 1.165) is 6.42 Å². The molecule has 0 saturated carbocycles. The maximum Gasteiger partial charge on any atom is 0.410 e. The molecule has 4 heteroatoms. The number of carbonyl (C=O) groups excluding carboxylic acids is 1. The van der Waals surface area contributed by atoms with Crippen LogP contribution in [-0.2, 0) is 4.74 Å². The molecular formula is C12H19NO3. The monoisotopic (exact) mass is 225 g/mol. The van der Waals surface area contributed by atoms with Gasteiger partial charge in [-0.1, -0.05) is 5.92 Å². The Morgan fingerprint density at radius 3 is 2.56 bits per heavy atom. The maximum atomic E-state index is 11.5. The van der Waals surface area contributed by atoms with Gasteiger partial charge < -0.3 is 14.7 Å². The lowest BCUT2D eigenvalue weighted by Crippen LogP contribution is -2.51. The maximum absolute atomic E-state index is 11.5. The van der Waals surface area contributed by atoms with Crippen molar-refractivity contribution in [3.05, 3.63) is 0 Å². The molecule has 0 radical (unpaired) electrons. The van der Waals surface area contributed by atoms with Gasteiger partial charge in [0.25, 0.3) is 0 Å². The largest absolute Gasteiger partial charge is 0.444 e. The van der Waals surface area contributed by atoms with Crippen LogP contribution in [0, 0.1) is 17.8 Å². The van der Waals surface area contributed by atoms with Gasteiger partial charge >= 0.3 is 6.09 Å². The lowest BCUT2D eigenvalue weighted by atomic mass is 9.97. The molecule has 0 aromatic rings. The Morgan fingerprint density at radius 1 is 1.44 bits per heavy atom. The number of aliphatic hydroxyl groups excluding tert-OH is 1. The lowest BCUT2D eigenvalue weighted by molar-refractivity contribution is -0.000243. The molecule has 1 amide bonds. The highest BCUT2D eigenvalue weighted by molar-refractivity contribution is 5.69.